The van der Waals surface area contributed by atoms with Crippen molar-refractivity contribution >= 4 is 17.9 Å². The number of carboxylic acid groups (broad SMARTS) is 1. The monoisotopic (exact) mass is 429 g/mol. The van der Waals surface area contributed by atoms with Crippen LogP contribution in [0.25, 0.3) is 0 Å². The fourth-order valence-electron chi connectivity index (χ4n) is 5.28. The van der Waals surface area contributed by atoms with Crippen LogP contribution in [-0.2, 0) is 20.9 Å². The van der Waals surface area contributed by atoms with Gasteiger partial charge in [-0.1, -0.05) is 30.3 Å². The van der Waals surface area contributed by atoms with Crippen molar-refractivity contribution < 1.29 is 24.2 Å². The molecule has 0 bridgehead atoms. The van der Waals surface area contributed by atoms with Crippen LogP contribution in [-0.4, -0.2) is 81.1 Å². The van der Waals surface area contributed by atoms with Gasteiger partial charge in [-0.2, -0.15) is 0 Å². The molecule has 3 aliphatic heterocycles. The topological polar surface area (TPSA) is 90.4 Å². The van der Waals surface area contributed by atoms with Crippen molar-refractivity contribution in [2.45, 2.75) is 69.9 Å². The van der Waals surface area contributed by atoms with E-state index >= 15 is 0 Å². The third-order valence-corrected chi connectivity index (χ3v) is 6.98. The second kappa shape index (κ2) is 8.49. The molecule has 3 heterocycles. The van der Waals surface area contributed by atoms with E-state index in [9.17, 15) is 19.5 Å². The van der Waals surface area contributed by atoms with E-state index in [1.807, 2.05) is 44.2 Å². The highest BCUT2D eigenvalue weighted by atomic mass is 16.5. The quantitative estimate of drug-likeness (QED) is 0.701. The van der Waals surface area contributed by atoms with Gasteiger partial charge >= 0.3 is 6.09 Å². The molecular formula is C23H31N3O5. The Balaban J connectivity index is 1.53. The Morgan fingerprint density at radius 2 is 1.90 bits per heavy atom. The fraction of sp³-hybridized carbons (Fsp3) is 0.609. The number of hydrogen-bond acceptors (Lipinski definition) is 4. The van der Waals surface area contributed by atoms with Crippen LogP contribution in [0.4, 0.5) is 4.79 Å². The van der Waals surface area contributed by atoms with Gasteiger partial charge in [0.05, 0.1) is 19.3 Å². The molecule has 0 aromatic heterocycles. The minimum Gasteiger partial charge on any atom is -0.465 e. The van der Waals surface area contributed by atoms with Crippen LogP contribution in [0, 0.1) is 0 Å². The third-order valence-electron chi connectivity index (χ3n) is 6.98. The Morgan fingerprint density at radius 3 is 2.52 bits per heavy atom. The average molecular weight is 430 g/mol. The van der Waals surface area contributed by atoms with E-state index in [1.165, 1.54) is 4.90 Å². The Labute approximate surface area is 182 Å². The van der Waals surface area contributed by atoms with Gasteiger partial charge in [0.15, 0.2) is 0 Å². The van der Waals surface area contributed by atoms with Gasteiger partial charge in [-0.25, -0.2) is 4.79 Å². The van der Waals surface area contributed by atoms with Crippen molar-refractivity contribution in [3.63, 3.8) is 0 Å². The molecule has 168 valence electrons. The van der Waals surface area contributed by atoms with Gasteiger partial charge in [0.2, 0.25) is 5.91 Å². The van der Waals surface area contributed by atoms with Gasteiger partial charge in [-0.05, 0) is 45.1 Å². The summed E-state index contributed by atoms with van der Waals surface area (Å²) in [5.74, 6) is -0.374. The van der Waals surface area contributed by atoms with Crippen molar-refractivity contribution in [1.82, 2.24) is 14.7 Å². The van der Waals surface area contributed by atoms with E-state index in [0.717, 1.165) is 18.4 Å². The number of amides is 3. The number of nitrogens with zero attached hydrogens (tertiary/aromatic N) is 3. The number of benzene rings is 1. The molecule has 8 heteroatoms. The number of hydrogen-bond donors (Lipinski definition) is 1. The van der Waals surface area contributed by atoms with E-state index < -0.39 is 23.8 Å². The molecule has 3 aliphatic rings. The van der Waals surface area contributed by atoms with Crippen LogP contribution < -0.4 is 0 Å². The lowest BCUT2D eigenvalue weighted by Crippen LogP contribution is -2.77. The number of carbonyl (C=O) groups excluding carboxylic acids is 2. The molecule has 3 saturated heterocycles. The molecule has 1 spiro atoms. The molecule has 2 unspecified atom stereocenters. The lowest BCUT2D eigenvalue weighted by atomic mass is 9.83. The summed E-state index contributed by atoms with van der Waals surface area (Å²) in [6, 6.07) is 8.76. The largest absolute Gasteiger partial charge is 0.465 e. The highest BCUT2D eigenvalue weighted by Gasteiger charge is 2.64. The molecule has 8 nitrogen and oxygen atoms in total. The standard InChI is InChI=1S/C23H31N3O5/c1-16-10-11-23(26(16)22(29)30)15-25(21(23)28)19(20(27)24-12-6-7-13-24)17(2)31-14-18-8-4-3-5-9-18/h3-5,8-9,16-17,19H,6-7,10-15H2,1-2H3,(H,29,30)/t16?,17-,19+,23?/m1/s1. The summed E-state index contributed by atoms with van der Waals surface area (Å²) in [7, 11) is 0. The summed E-state index contributed by atoms with van der Waals surface area (Å²) in [5.41, 5.74) is -0.0386. The average Bonchev–Trinajstić information content (AvgIpc) is 3.41. The maximum atomic E-state index is 13.4. The number of carbonyl (C=O) groups is 3. The number of ether oxygens (including phenoxy) is 1. The van der Waals surface area contributed by atoms with Gasteiger partial charge in [0.25, 0.3) is 5.91 Å². The number of β-lactam (4-membered cyclic amide) rings is 1. The predicted molar refractivity (Wildman–Crippen MR) is 113 cm³/mol. The van der Waals surface area contributed by atoms with E-state index in [0.29, 0.717) is 32.5 Å². The van der Waals surface area contributed by atoms with Gasteiger partial charge in [0.1, 0.15) is 11.6 Å². The normalized spacial score (nSPS) is 27.5. The SMILES string of the molecule is CC1CCC2(CN([C@H](C(=O)N3CCCC3)[C@@H](C)OCc3ccccc3)C2=O)N1C(=O)O. The maximum Gasteiger partial charge on any atom is 0.408 e. The molecule has 3 amide bonds. The molecule has 0 saturated carbocycles. The van der Waals surface area contributed by atoms with Crippen molar-refractivity contribution in [3.05, 3.63) is 35.9 Å². The maximum absolute atomic E-state index is 13.4. The van der Waals surface area contributed by atoms with Gasteiger partial charge in [-0.3, -0.25) is 14.5 Å². The second-order valence-corrected chi connectivity index (χ2v) is 8.98. The lowest BCUT2D eigenvalue weighted by molar-refractivity contribution is -0.176. The molecule has 31 heavy (non-hydrogen) atoms. The minimum absolute atomic E-state index is 0.103. The highest BCUT2D eigenvalue weighted by Crippen LogP contribution is 2.43. The van der Waals surface area contributed by atoms with Gasteiger partial charge < -0.3 is 19.6 Å². The molecular weight excluding hydrogens is 398 g/mol. The zero-order valence-corrected chi connectivity index (χ0v) is 18.2. The number of likely N-dealkylation sites (tertiary alicyclic amines) is 3. The lowest BCUT2D eigenvalue weighted by Gasteiger charge is -2.54. The summed E-state index contributed by atoms with van der Waals surface area (Å²) < 4.78 is 6.05. The Kier molecular flexibility index (Phi) is 5.92. The zero-order valence-electron chi connectivity index (χ0n) is 18.2. The molecule has 0 aliphatic carbocycles. The van der Waals surface area contributed by atoms with Crippen LogP contribution in [0.1, 0.15) is 45.1 Å². The van der Waals surface area contributed by atoms with Crippen molar-refractivity contribution in [2.75, 3.05) is 19.6 Å². The minimum atomic E-state index is -1.08. The smallest absolute Gasteiger partial charge is 0.408 e. The van der Waals surface area contributed by atoms with E-state index in [4.69, 9.17) is 4.74 Å². The fourth-order valence-corrected chi connectivity index (χ4v) is 5.28. The molecule has 3 fully saturated rings. The first-order valence-corrected chi connectivity index (χ1v) is 11.1. The van der Waals surface area contributed by atoms with Crippen LogP contribution in [0.3, 0.4) is 0 Å². The van der Waals surface area contributed by atoms with Crippen molar-refractivity contribution in [2.24, 2.45) is 0 Å². The number of rotatable bonds is 6. The Hall–Kier alpha value is -2.61. The first-order chi connectivity index (χ1) is 14.8. The van der Waals surface area contributed by atoms with E-state index in [1.54, 1.807) is 9.80 Å². The molecule has 4 rings (SSSR count). The summed E-state index contributed by atoms with van der Waals surface area (Å²) >= 11 is 0. The molecule has 4 atom stereocenters. The molecule has 0 radical (unpaired) electrons. The summed E-state index contributed by atoms with van der Waals surface area (Å²) in [4.78, 5) is 43.2. The first-order valence-electron chi connectivity index (χ1n) is 11.1. The molecule has 1 N–H and O–H groups in total. The van der Waals surface area contributed by atoms with Crippen LogP contribution in [0.15, 0.2) is 30.3 Å². The summed E-state index contributed by atoms with van der Waals surface area (Å²) in [5, 5.41) is 9.68. The summed E-state index contributed by atoms with van der Waals surface area (Å²) in [6.07, 6.45) is 1.48. The van der Waals surface area contributed by atoms with E-state index in [-0.39, 0.29) is 24.4 Å². The van der Waals surface area contributed by atoms with Crippen molar-refractivity contribution in [3.8, 4) is 0 Å². The van der Waals surface area contributed by atoms with Crippen LogP contribution >= 0.6 is 0 Å². The Morgan fingerprint density at radius 1 is 1.23 bits per heavy atom. The molecule has 1 aromatic rings. The zero-order chi connectivity index (χ0) is 22.2. The first kappa shape index (κ1) is 21.6. The van der Waals surface area contributed by atoms with Crippen molar-refractivity contribution in [1.29, 1.82) is 0 Å². The molecule has 1 aromatic carbocycles. The second-order valence-electron chi connectivity index (χ2n) is 8.98. The van der Waals surface area contributed by atoms with Crippen LogP contribution in [0.5, 0.6) is 0 Å². The van der Waals surface area contributed by atoms with E-state index in [2.05, 4.69) is 0 Å². The third kappa shape index (κ3) is 3.78. The Bertz CT molecular complexity index is 841. The van der Waals surface area contributed by atoms with Gasteiger partial charge in [0, 0.05) is 19.1 Å². The van der Waals surface area contributed by atoms with Gasteiger partial charge in [-0.15, -0.1) is 0 Å². The van der Waals surface area contributed by atoms with Crippen LogP contribution in [0.2, 0.25) is 0 Å². The highest BCUT2D eigenvalue weighted by molar-refractivity contribution is 5.99. The summed E-state index contributed by atoms with van der Waals surface area (Å²) in [6.45, 7) is 5.62. The predicted octanol–water partition coefficient (Wildman–Crippen LogP) is 2.33.